The molecular weight excluding hydrogens is 488 g/mol. The number of H-pyrrole nitrogens is 1. The number of aromatic amines is 1. The number of nitrogens with one attached hydrogen (secondary N) is 2. The molecule has 2 aromatic heterocycles. The zero-order valence-corrected chi connectivity index (χ0v) is 19.8. The number of hydrogen-bond donors (Lipinski definition) is 3. The lowest BCUT2D eigenvalue weighted by Crippen LogP contribution is -2.51. The van der Waals surface area contributed by atoms with Crippen LogP contribution in [0, 0.1) is 0 Å². The molecule has 0 aliphatic carbocycles. The number of carbonyl (C=O) groups is 1. The summed E-state index contributed by atoms with van der Waals surface area (Å²) in [6.45, 7) is -0.363. The third-order valence-electron chi connectivity index (χ3n) is 5.04. The van der Waals surface area contributed by atoms with E-state index in [-0.39, 0.29) is 18.0 Å². The predicted molar refractivity (Wildman–Crippen MR) is 132 cm³/mol. The van der Waals surface area contributed by atoms with Crippen molar-refractivity contribution in [2.45, 2.75) is 13.1 Å². The van der Waals surface area contributed by atoms with Crippen molar-refractivity contribution < 1.29 is 14.6 Å². The van der Waals surface area contributed by atoms with Gasteiger partial charge < -0.3 is 15.2 Å². The van der Waals surface area contributed by atoms with Gasteiger partial charge in [0, 0.05) is 18.1 Å². The third-order valence-corrected chi connectivity index (χ3v) is 5.30. The molecule has 0 saturated heterocycles. The molecule has 0 fully saturated rings. The molecule has 0 saturated carbocycles. The Kier molecular flexibility index (Phi) is 7.31. The summed E-state index contributed by atoms with van der Waals surface area (Å²) in [6, 6.07) is 16.4. The van der Waals surface area contributed by atoms with Crippen LogP contribution in [0.5, 0.6) is 17.4 Å². The van der Waals surface area contributed by atoms with E-state index in [9.17, 15) is 19.5 Å². The van der Waals surface area contributed by atoms with Crippen molar-refractivity contribution in [2.75, 3.05) is 7.05 Å². The van der Waals surface area contributed by atoms with Crippen molar-refractivity contribution >= 4 is 23.2 Å². The topological polar surface area (TPSA) is 144 Å². The van der Waals surface area contributed by atoms with Crippen LogP contribution in [0.3, 0.4) is 0 Å². The SMILES string of the molecule is CNC(=O)Cn1c(=O)[nH]/c(=N\c2ccc(Oc3ccc(O)nc3)cc2)n(Cc2ccc(Cl)cc2)c1=O. The number of aromatic nitrogens is 4. The summed E-state index contributed by atoms with van der Waals surface area (Å²) in [4.78, 5) is 48.5. The van der Waals surface area contributed by atoms with E-state index in [1.165, 1.54) is 23.9 Å². The average molecular weight is 509 g/mol. The maximum Gasteiger partial charge on any atom is 0.335 e. The molecule has 4 rings (SSSR count). The van der Waals surface area contributed by atoms with Gasteiger partial charge in [-0.2, -0.15) is 0 Å². The summed E-state index contributed by atoms with van der Waals surface area (Å²) in [5, 5.41) is 12.2. The predicted octanol–water partition coefficient (Wildman–Crippen LogP) is 1.91. The van der Waals surface area contributed by atoms with Crippen molar-refractivity contribution in [1.82, 2.24) is 24.4 Å². The summed E-state index contributed by atoms with van der Waals surface area (Å²) < 4.78 is 7.74. The molecule has 0 atom stereocenters. The van der Waals surface area contributed by atoms with Crippen LogP contribution in [0.15, 0.2) is 81.4 Å². The number of rotatable bonds is 7. The van der Waals surface area contributed by atoms with Gasteiger partial charge in [-0.3, -0.25) is 14.3 Å². The molecule has 2 aromatic carbocycles. The maximum absolute atomic E-state index is 13.2. The minimum Gasteiger partial charge on any atom is -0.493 e. The van der Waals surface area contributed by atoms with Gasteiger partial charge in [0.25, 0.3) is 0 Å². The van der Waals surface area contributed by atoms with Crippen molar-refractivity contribution in [1.29, 1.82) is 0 Å². The van der Waals surface area contributed by atoms with Gasteiger partial charge in [-0.25, -0.2) is 24.1 Å². The van der Waals surface area contributed by atoms with E-state index in [0.29, 0.717) is 22.2 Å². The molecular formula is C24H21ClN6O5. The lowest BCUT2D eigenvalue weighted by atomic mass is 10.2. The molecule has 184 valence electrons. The molecule has 12 heteroatoms. The van der Waals surface area contributed by atoms with E-state index in [1.54, 1.807) is 54.6 Å². The molecule has 0 spiro atoms. The molecule has 0 unspecified atom stereocenters. The van der Waals surface area contributed by atoms with Crippen LogP contribution in [0.1, 0.15) is 5.56 Å². The fraction of sp³-hybridized carbons (Fsp3) is 0.125. The lowest BCUT2D eigenvalue weighted by Gasteiger charge is -2.11. The first-order valence-corrected chi connectivity index (χ1v) is 11.1. The second-order valence-corrected chi connectivity index (χ2v) is 8.00. The van der Waals surface area contributed by atoms with E-state index >= 15 is 0 Å². The van der Waals surface area contributed by atoms with Crippen LogP contribution < -0.4 is 27.1 Å². The second-order valence-electron chi connectivity index (χ2n) is 7.57. The van der Waals surface area contributed by atoms with Crippen LogP contribution in [0.4, 0.5) is 5.69 Å². The fourth-order valence-corrected chi connectivity index (χ4v) is 3.33. The van der Waals surface area contributed by atoms with Crippen molar-refractivity contribution in [3.8, 4) is 17.4 Å². The number of nitrogens with zero attached hydrogens (tertiary/aromatic N) is 4. The minimum atomic E-state index is -0.769. The zero-order chi connectivity index (χ0) is 25.7. The highest BCUT2D eigenvalue weighted by Gasteiger charge is 2.12. The van der Waals surface area contributed by atoms with E-state index in [1.807, 2.05) is 0 Å². The minimum absolute atomic E-state index is 0.00418. The summed E-state index contributed by atoms with van der Waals surface area (Å²) >= 11 is 5.97. The number of amides is 1. The quantitative estimate of drug-likeness (QED) is 0.348. The number of ether oxygens (including phenoxy) is 1. The number of halogens is 1. The monoisotopic (exact) mass is 508 g/mol. The first-order valence-electron chi connectivity index (χ1n) is 10.7. The number of hydrogen-bond acceptors (Lipinski definition) is 7. The number of likely N-dealkylation sites (N-methyl/N-ethyl adjacent to an activating group) is 1. The van der Waals surface area contributed by atoms with E-state index in [0.717, 1.165) is 10.1 Å². The second kappa shape index (κ2) is 10.7. The van der Waals surface area contributed by atoms with Gasteiger partial charge >= 0.3 is 11.4 Å². The Hall–Kier alpha value is -4.64. The van der Waals surface area contributed by atoms with Crippen LogP contribution in [-0.2, 0) is 17.9 Å². The molecule has 4 aromatic rings. The van der Waals surface area contributed by atoms with Crippen LogP contribution >= 0.6 is 11.6 Å². The van der Waals surface area contributed by atoms with Crippen molar-refractivity contribution in [3.05, 3.63) is 104 Å². The van der Waals surface area contributed by atoms with Crippen LogP contribution in [0.2, 0.25) is 5.02 Å². The highest BCUT2D eigenvalue weighted by molar-refractivity contribution is 6.30. The number of benzene rings is 2. The first-order chi connectivity index (χ1) is 17.3. The normalized spacial score (nSPS) is 11.3. The van der Waals surface area contributed by atoms with Crippen LogP contribution in [0.25, 0.3) is 0 Å². The highest BCUT2D eigenvalue weighted by atomic mass is 35.5. The molecule has 1 amide bonds. The van der Waals surface area contributed by atoms with Gasteiger partial charge in [0.15, 0.2) is 0 Å². The molecule has 0 radical (unpaired) electrons. The van der Waals surface area contributed by atoms with Gasteiger partial charge in [0.1, 0.15) is 18.0 Å². The summed E-state index contributed by atoms with van der Waals surface area (Å²) in [7, 11) is 1.42. The van der Waals surface area contributed by atoms with Gasteiger partial charge in [0.2, 0.25) is 17.4 Å². The Balaban J connectivity index is 1.73. The molecule has 3 N–H and O–H groups in total. The highest BCUT2D eigenvalue weighted by Crippen LogP contribution is 2.24. The van der Waals surface area contributed by atoms with E-state index in [4.69, 9.17) is 16.3 Å². The smallest absolute Gasteiger partial charge is 0.335 e. The van der Waals surface area contributed by atoms with Crippen molar-refractivity contribution in [2.24, 2.45) is 4.99 Å². The lowest BCUT2D eigenvalue weighted by molar-refractivity contribution is -0.121. The Labute approximate surface area is 209 Å². The largest absolute Gasteiger partial charge is 0.493 e. The van der Waals surface area contributed by atoms with Gasteiger partial charge in [-0.05, 0) is 48.0 Å². The summed E-state index contributed by atoms with van der Waals surface area (Å²) in [5.41, 5.74) is -0.285. The van der Waals surface area contributed by atoms with Gasteiger partial charge in [-0.15, -0.1) is 0 Å². The summed E-state index contributed by atoms with van der Waals surface area (Å²) in [6.07, 6.45) is 1.38. The first kappa shape index (κ1) is 24.5. The Morgan fingerprint density at radius 2 is 1.75 bits per heavy atom. The Bertz CT molecular complexity index is 1560. The molecule has 36 heavy (non-hydrogen) atoms. The molecule has 11 nitrogen and oxygen atoms in total. The Morgan fingerprint density at radius 3 is 2.39 bits per heavy atom. The number of aromatic hydroxyl groups is 1. The molecule has 0 aliphatic heterocycles. The number of pyridine rings is 1. The Morgan fingerprint density at radius 1 is 1.06 bits per heavy atom. The average Bonchev–Trinajstić information content (AvgIpc) is 2.87. The number of carbonyl (C=O) groups excluding carboxylic acids is 1. The maximum atomic E-state index is 13.2. The zero-order valence-electron chi connectivity index (χ0n) is 19.0. The van der Waals surface area contributed by atoms with E-state index in [2.05, 4.69) is 20.3 Å². The van der Waals surface area contributed by atoms with E-state index < -0.39 is 23.8 Å². The molecule has 0 bridgehead atoms. The molecule has 2 heterocycles. The fourth-order valence-electron chi connectivity index (χ4n) is 3.20. The van der Waals surface area contributed by atoms with Gasteiger partial charge in [-0.1, -0.05) is 23.7 Å². The third kappa shape index (κ3) is 5.88. The summed E-state index contributed by atoms with van der Waals surface area (Å²) in [5.74, 6) is 0.312. The standard InChI is InChI=1S/C24H21ClN6O5/c1-26-21(33)14-31-23(34)29-22(30(24(31)35)13-15-2-4-16(25)5-3-15)28-17-6-8-18(9-7-17)36-19-10-11-20(32)27-12-19/h2-12H,13-14H2,1H3,(H,26,33)(H,27,32)(H,28,29,34). The van der Waals surface area contributed by atoms with Crippen LogP contribution in [-0.4, -0.2) is 37.2 Å². The van der Waals surface area contributed by atoms with Crippen molar-refractivity contribution in [3.63, 3.8) is 0 Å². The van der Waals surface area contributed by atoms with Gasteiger partial charge in [0.05, 0.1) is 18.4 Å². The molecule has 0 aliphatic rings.